The number of pyridine rings is 1. The van der Waals surface area contributed by atoms with E-state index in [1.165, 1.54) is 10.5 Å². The number of benzene rings is 2. The monoisotopic (exact) mass is 306 g/mol. The van der Waals surface area contributed by atoms with Gasteiger partial charge in [-0.05, 0) is 41.6 Å². The average molecular weight is 306 g/mol. The molecule has 4 heteroatoms. The number of hydrogen-bond acceptors (Lipinski definition) is 2. The van der Waals surface area contributed by atoms with Gasteiger partial charge in [0.2, 0.25) is 0 Å². The highest BCUT2D eigenvalue weighted by atomic mass is 16.2. The van der Waals surface area contributed by atoms with Crippen molar-refractivity contribution in [1.82, 2.24) is 4.98 Å². The summed E-state index contributed by atoms with van der Waals surface area (Å²) in [5.74, 6) is -0.318. The van der Waals surface area contributed by atoms with Crippen LogP contribution in [0.5, 0.6) is 0 Å². The SMILES string of the molecule is CCc1ccc(N(C)C(=O)c2cc3ccccc3[nH]c2=O)cc1. The lowest BCUT2D eigenvalue weighted by Crippen LogP contribution is -2.31. The lowest BCUT2D eigenvalue weighted by molar-refractivity contribution is 0.0991. The van der Waals surface area contributed by atoms with E-state index in [0.29, 0.717) is 0 Å². The normalized spacial score (nSPS) is 10.7. The van der Waals surface area contributed by atoms with E-state index in [9.17, 15) is 9.59 Å². The molecule has 3 rings (SSSR count). The summed E-state index contributed by atoms with van der Waals surface area (Å²) in [6.45, 7) is 2.08. The summed E-state index contributed by atoms with van der Waals surface area (Å²) in [6, 6.07) is 16.8. The van der Waals surface area contributed by atoms with Crippen LogP contribution in [0.2, 0.25) is 0 Å². The number of rotatable bonds is 3. The molecule has 0 aliphatic heterocycles. The first kappa shape index (κ1) is 15.0. The van der Waals surface area contributed by atoms with Crippen molar-refractivity contribution < 1.29 is 4.79 Å². The van der Waals surface area contributed by atoms with Crippen molar-refractivity contribution in [2.45, 2.75) is 13.3 Å². The number of nitrogens with zero attached hydrogens (tertiary/aromatic N) is 1. The smallest absolute Gasteiger partial charge is 0.263 e. The number of para-hydroxylation sites is 1. The van der Waals surface area contributed by atoms with Crippen LogP contribution in [0.25, 0.3) is 10.9 Å². The van der Waals surface area contributed by atoms with E-state index >= 15 is 0 Å². The van der Waals surface area contributed by atoms with Crippen LogP contribution in [-0.4, -0.2) is 17.9 Å². The maximum atomic E-state index is 12.7. The first-order valence-electron chi connectivity index (χ1n) is 7.59. The van der Waals surface area contributed by atoms with Gasteiger partial charge < -0.3 is 9.88 Å². The highest BCUT2D eigenvalue weighted by Gasteiger charge is 2.17. The fourth-order valence-corrected chi connectivity index (χ4v) is 2.56. The van der Waals surface area contributed by atoms with Crippen molar-refractivity contribution in [3.8, 4) is 0 Å². The minimum atomic E-state index is -0.370. The van der Waals surface area contributed by atoms with Crippen LogP contribution in [0.1, 0.15) is 22.8 Å². The van der Waals surface area contributed by atoms with Crippen molar-refractivity contribution in [2.24, 2.45) is 0 Å². The van der Waals surface area contributed by atoms with Crippen molar-refractivity contribution >= 4 is 22.5 Å². The van der Waals surface area contributed by atoms with E-state index in [-0.39, 0.29) is 17.0 Å². The Balaban J connectivity index is 1.98. The van der Waals surface area contributed by atoms with Crippen LogP contribution in [0.15, 0.2) is 59.4 Å². The Labute approximate surface area is 134 Å². The molecule has 0 radical (unpaired) electrons. The minimum Gasteiger partial charge on any atom is -0.321 e. The van der Waals surface area contributed by atoms with Crippen LogP contribution >= 0.6 is 0 Å². The van der Waals surface area contributed by atoms with E-state index in [0.717, 1.165) is 23.0 Å². The zero-order chi connectivity index (χ0) is 16.4. The summed E-state index contributed by atoms with van der Waals surface area (Å²) in [4.78, 5) is 29.1. The molecule has 116 valence electrons. The predicted octanol–water partition coefficient (Wildman–Crippen LogP) is 3.37. The molecule has 1 amide bonds. The fraction of sp³-hybridized carbons (Fsp3) is 0.158. The van der Waals surface area contributed by atoms with E-state index < -0.39 is 0 Å². The molecule has 0 bridgehead atoms. The molecule has 1 heterocycles. The van der Waals surface area contributed by atoms with Crippen molar-refractivity contribution in [3.05, 3.63) is 76.1 Å². The number of hydrogen-bond donors (Lipinski definition) is 1. The maximum absolute atomic E-state index is 12.7. The molecule has 23 heavy (non-hydrogen) atoms. The summed E-state index contributed by atoms with van der Waals surface area (Å²) in [5, 5.41) is 0.838. The van der Waals surface area contributed by atoms with Gasteiger partial charge in [-0.25, -0.2) is 0 Å². The van der Waals surface area contributed by atoms with Gasteiger partial charge in [-0.2, -0.15) is 0 Å². The molecule has 1 aromatic heterocycles. The van der Waals surface area contributed by atoms with Crippen LogP contribution in [0, 0.1) is 0 Å². The molecule has 1 N–H and O–H groups in total. The van der Waals surface area contributed by atoms with E-state index in [4.69, 9.17) is 0 Å². The van der Waals surface area contributed by atoms with Crippen LogP contribution < -0.4 is 10.5 Å². The summed E-state index contributed by atoms with van der Waals surface area (Å²) in [6.07, 6.45) is 0.947. The maximum Gasteiger partial charge on any atom is 0.263 e. The quantitative estimate of drug-likeness (QED) is 0.806. The number of carbonyl (C=O) groups is 1. The van der Waals surface area contributed by atoms with Crippen LogP contribution in [-0.2, 0) is 6.42 Å². The summed E-state index contributed by atoms with van der Waals surface area (Å²) >= 11 is 0. The Morgan fingerprint density at radius 2 is 1.78 bits per heavy atom. The second kappa shape index (κ2) is 6.08. The molecule has 0 atom stereocenters. The molecular weight excluding hydrogens is 288 g/mol. The average Bonchev–Trinajstić information content (AvgIpc) is 2.60. The molecule has 0 unspecified atom stereocenters. The topological polar surface area (TPSA) is 53.2 Å². The van der Waals surface area contributed by atoms with Crippen molar-refractivity contribution in [2.75, 3.05) is 11.9 Å². The zero-order valence-electron chi connectivity index (χ0n) is 13.2. The number of aromatic nitrogens is 1. The van der Waals surface area contributed by atoms with E-state index in [2.05, 4.69) is 11.9 Å². The lowest BCUT2D eigenvalue weighted by atomic mass is 10.1. The number of fused-ring (bicyclic) bond motifs is 1. The summed E-state index contributed by atoms with van der Waals surface area (Å²) < 4.78 is 0. The number of H-pyrrole nitrogens is 1. The Morgan fingerprint density at radius 3 is 2.48 bits per heavy atom. The molecular formula is C19H18N2O2. The van der Waals surface area contributed by atoms with Gasteiger partial charge in [-0.1, -0.05) is 37.3 Å². The molecule has 0 aliphatic carbocycles. The molecule has 4 nitrogen and oxygen atoms in total. The second-order valence-electron chi connectivity index (χ2n) is 5.48. The van der Waals surface area contributed by atoms with Crippen LogP contribution in [0.3, 0.4) is 0 Å². The standard InChI is InChI=1S/C19H18N2O2/c1-3-13-8-10-15(11-9-13)21(2)19(23)16-12-14-6-4-5-7-17(14)20-18(16)22/h4-12H,3H2,1-2H3,(H,20,22). The van der Waals surface area contributed by atoms with Gasteiger partial charge in [0.15, 0.2) is 0 Å². The third-order valence-corrected chi connectivity index (χ3v) is 4.02. The highest BCUT2D eigenvalue weighted by Crippen LogP contribution is 2.17. The Hall–Kier alpha value is -2.88. The van der Waals surface area contributed by atoms with Gasteiger partial charge in [0, 0.05) is 18.3 Å². The number of amides is 1. The molecule has 0 aliphatic rings. The van der Waals surface area contributed by atoms with Gasteiger partial charge in [-0.3, -0.25) is 9.59 Å². The first-order chi connectivity index (χ1) is 11.1. The lowest BCUT2D eigenvalue weighted by Gasteiger charge is -2.17. The molecule has 0 fully saturated rings. The number of anilines is 1. The number of aryl methyl sites for hydroxylation is 1. The third-order valence-electron chi connectivity index (χ3n) is 4.02. The minimum absolute atomic E-state index is 0.144. The van der Waals surface area contributed by atoms with Gasteiger partial charge >= 0.3 is 0 Å². The highest BCUT2D eigenvalue weighted by molar-refractivity contribution is 6.07. The molecule has 3 aromatic rings. The fourth-order valence-electron chi connectivity index (χ4n) is 2.56. The van der Waals surface area contributed by atoms with E-state index in [1.807, 2.05) is 48.5 Å². The number of nitrogens with one attached hydrogen (secondary N) is 1. The molecule has 0 saturated heterocycles. The Morgan fingerprint density at radius 1 is 1.09 bits per heavy atom. The largest absolute Gasteiger partial charge is 0.321 e. The van der Waals surface area contributed by atoms with Crippen molar-refractivity contribution in [3.63, 3.8) is 0 Å². The Kier molecular flexibility index (Phi) is 3.98. The first-order valence-corrected chi connectivity index (χ1v) is 7.59. The van der Waals surface area contributed by atoms with Gasteiger partial charge in [0.05, 0.1) is 0 Å². The summed E-state index contributed by atoms with van der Waals surface area (Å²) in [5.41, 5.74) is 2.47. The summed E-state index contributed by atoms with van der Waals surface area (Å²) in [7, 11) is 1.68. The van der Waals surface area contributed by atoms with E-state index in [1.54, 1.807) is 13.1 Å². The van der Waals surface area contributed by atoms with Gasteiger partial charge in [0.1, 0.15) is 5.56 Å². The molecule has 0 saturated carbocycles. The Bertz CT molecular complexity index is 911. The van der Waals surface area contributed by atoms with Crippen LogP contribution in [0.4, 0.5) is 5.69 Å². The molecule has 0 spiro atoms. The zero-order valence-corrected chi connectivity index (χ0v) is 13.2. The number of aromatic amines is 1. The van der Waals surface area contributed by atoms with Gasteiger partial charge in [-0.15, -0.1) is 0 Å². The predicted molar refractivity (Wildman–Crippen MR) is 93.1 cm³/mol. The van der Waals surface area contributed by atoms with Crippen molar-refractivity contribution in [1.29, 1.82) is 0 Å². The second-order valence-corrected chi connectivity index (χ2v) is 5.48. The molecule has 2 aromatic carbocycles. The third kappa shape index (κ3) is 2.88. The number of carbonyl (C=O) groups excluding carboxylic acids is 1. The van der Waals surface area contributed by atoms with Gasteiger partial charge in [0.25, 0.3) is 11.5 Å².